The lowest BCUT2D eigenvalue weighted by molar-refractivity contribution is -0.290. The van der Waals surface area contributed by atoms with E-state index in [0.717, 1.165) is 6.92 Å². The first-order valence-corrected chi connectivity index (χ1v) is 6.58. The Labute approximate surface area is 128 Å². The van der Waals surface area contributed by atoms with Gasteiger partial charge in [0.2, 0.25) is 5.72 Å². The third-order valence-corrected chi connectivity index (χ3v) is 3.83. The molecule has 2 rings (SSSR count). The molecule has 22 heavy (non-hydrogen) atoms. The number of Topliss-reactive ketones (excluding diaryl/α,β-unsaturated/α-hetero) is 1. The fourth-order valence-corrected chi connectivity index (χ4v) is 2.77. The van der Waals surface area contributed by atoms with Crippen LogP contribution < -0.4 is 10.6 Å². The zero-order chi connectivity index (χ0) is 16.7. The van der Waals surface area contributed by atoms with Gasteiger partial charge in [-0.2, -0.15) is 13.2 Å². The molecule has 0 aliphatic carbocycles. The smallest absolute Gasteiger partial charge is 0.363 e. The van der Waals surface area contributed by atoms with E-state index in [4.69, 9.17) is 11.6 Å². The number of carbonyl (C=O) groups is 2. The lowest BCUT2D eigenvalue weighted by atomic mass is 9.79. The highest BCUT2D eigenvalue weighted by Gasteiger charge is 2.65. The second-order valence-electron chi connectivity index (χ2n) is 4.95. The van der Waals surface area contributed by atoms with Crippen molar-refractivity contribution in [1.29, 1.82) is 0 Å². The summed E-state index contributed by atoms with van der Waals surface area (Å²) in [5, 5.41) is 13.7. The van der Waals surface area contributed by atoms with Gasteiger partial charge in [0.05, 0.1) is 12.0 Å². The van der Waals surface area contributed by atoms with E-state index in [-0.39, 0.29) is 10.6 Å². The van der Waals surface area contributed by atoms with Gasteiger partial charge in [0, 0.05) is 5.02 Å². The number of aliphatic hydroxyl groups is 1. The lowest BCUT2D eigenvalue weighted by Gasteiger charge is -2.44. The Morgan fingerprint density at radius 1 is 1.36 bits per heavy atom. The van der Waals surface area contributed by atoms with Crippen LogP contribution in [0.2, 0.25) is 5.02 Å². The van der Waals surface area contributed by atoms with Crippen LogP contribution in [-0.4, -0.2) is 28.8 Å². The highest BCUT2D eigenvalue weighted by Crippen LogP contribution is 2.43. The second-order valence-corrected chi connectivity index (χ2v) is 5.36. The molecule has 1 heterocycles. The lowest BCUT2D eigenvalue weighted by Crippen LogP contribution is -2.72. The molecular weight excluding hydrogens is 325 g/mol. The highest BCUT2D eigenvalue weighted by molar-refractivity contribution is 6.31. The first kappa shape index (κ1) is 16.6. The summed E-state index contributed by atoms with van der Waals surface area (Å²) in [6.07, 6.45) is -5.24. The van der Waals surface area contributed by atoms with Crippen LogP contribution in [0.4, 0.5) is 18.0 Å². The van der Waals surface area contributed by atoms with Crippen LogP contribution in [0.25, 0.3) is 0 Å². The van der Waals surface area contributed by atoms with Gasteiger partial charge in [0.15, 0.2) is 0 Å². The SMILES string of the molecule is CC(=O)[C@@H]1[C@@H](c2ccccc2Cl)NC(=O)N[C@]1(O)C(F)(F)F. The van der Waals surface area contributed by atoms with Gasteiger partial charge in [-0.3, -0.25) is 4.79 Å². The summed E-state index contributed by atoms with van der Waals surface area (Å²) in [6, 6.07) is 3.18. The number of hydrogen-bond donors (Lipinski definition) is 3. The van der Waals surface area contributed by atoms with E-state index in [1.54, 1.807) is 6.07 Å². The number of hydrogen-bond acceptors (Lipinski definition) is 3. The number of alkyl halides is 3. The molecule has 0 saturated carbocycles. The van der Waals surface area contributed by atoms with E-state index < -0.39 is 35.7 Å². The molecule has 3 N–H and O–H groups in total. The maximum atomic E-state index is 13.2. The van der Waals surface area contributed by atoms with Crippen molar-refractivity contribution in [1.82, 2.24) is 10.6 Å². The number of halogens is 4. The van der Waals surface area contributed by atoms with Gasteiger partial charge in [0.25, 0.3) is 0 Å². The van der Waals surface area contributed by atoms with Gasteiger partial charge in [-0.05, 0) is 18.6 Å². The molecule has 1 fully saturated rings. The van der Waals surface area contributed by atoms with E-state index in [2.05, 4.69) is 5.32 Å². The topological polar surface area (TPSA) is 78.4 Å². The number of rotatable bonds is 2. The third kappa shape index (κ3) is 2.64. The molecule has 1 saturated heterocycles. The average molecular weight is 337 g/mol. The predicted molar refractivity (Wildman–Crippen MR) is 71.0 cm³/mol. The van der Waals surface area contributed by atoms with E-state index in [1.165, 1.54) is 23.5 Å². The fraction of sp³-hybridized carbons (Fsp3) is 0.385. The van der Waals surface area contributed by atoms with Crippen LogP contribution in [0.15, 0.2) is 24.3 Å². The van der Waals surface area contributed by atoms with Crippen molar-refractivity contribution < 1.29 is 27.9 Å². The van der Waals surface area contributed by atoms with Crippen molar-refractivity contribution in [2.45, 2.75) is 24.9 Å². The molecule has 1 aromatic rings. The minimum absolute atomic E-state index is 0.0745. The van der Waals surface area contributed by atoms with Crippen molar-refractivity contribution >= 4 is 23.4 Å². The molecule has 1 aliphatic heterocycles. The number of carbonyl (C=O) groups excluding carboxylic acids is 2. The molecule has 120 valence electrons. The highest BCUT2D eigenvalue weighted by atomic mass is 35.5. The number of amides is 2. The Balaban J connectivity index is 2.60. The summed E-state index contributed by atoms with van der Waals surface area (Å²) in [5.41, 5.74) is -3.56. The van der Waals surface area contributed by atoms with Gasteiger partial charge in [-0.15, -0.1) is 0 Å². The van der Waals surface area contributed by atoms with E-state index in [1.807, 2.05) is 0 Å². The maximum absolute atomic E-state index is 13.2. The summed E-state index contributed by atoms with van der Waals surface area (Å²) >= 11 is 5.94. The van der Waals surface area contributed by atoms with Gasteiger partial charge >= 0.3 is 12.2 Å². The van der Waals surface area contributed by atoms with Crippen molar-refractivity contribution in [2.24, 2.45) is 5.92 Å². The van der Waals surface area contributed by atoms with E-state index in [0.29, 0.717) is 0 Å². The van der Waals surface area contributed by atoms with Crippen LogP contribution in [0, 0.1) is 5.92 Å². The Morgan fingerprint density at radius 2 is 1.95 bits per heavy atom. The summed E-state index contributed by atoms with van der Waals surface area (Å²) in [4.78, 5) is 23.3. The summed E-state index contributed by atoms with van der Waals surface area (Å²) in [6.45, 7) is 0.907. The van der Waals surface area contributed by atoms with Crippen LogP contribution in [0.3, 0.4) is 0 Å². The predicted octanol–water partition coefficient (Wildman–Crippen LogP) is 2.15. The van der Waals surface area contributed by atoms with Crippen molar-refractivity contribution in [2.75, 3.05) is 0 Å². The number of benzene rings is 1. The van der Waals surface area contributed by atoms with Crippen LogP contribution >= 0.6 is 11.6 Å². The van der Waals surface area contributed by atoms with Crippen molar-refractivity contribution in [3.63, 3.8) is 0 Å². The normalized spacial score (nSPS) is 28.7. The zero-order valence-electron chi connectivity index (χ0n) is 11.2. The first-order valence-electron chi connectivity index (χ1n) is 6.20. The summed E-state index contributed by atoms with van der Waals surface area (Å²) in [7, 11) is 0. The summed E-state index contributed by atoms with van der Waals surface area (Å²) < 4.78 is 39.7. The standard InChI is InChI=1S/C13H12ClF3N2O3/c1-6(20)9-10(7-4-2-3-5-8(7)14)18-11(21)19-12(9,22)13(15,16)17/h2-5,9-10,22H,1H3,(H2,18,19,21)/t9-,10-,12-/m1/s1. The van der Waals surface area contributed by atoms with Crippen molar-refractivity contribution in [3.05, 3.63) is 34.9 Å². The Bertz CT molecular complexity index is 623. The maximum Gasteiger partial charge on any atom is 0.437 e. The quantitative estimate of drug-likeness (QED) is 0.774. The molecule has 1 aliphatic rings. The first-order chi connectivity index (χ1) is 10.1. The van der Waals surface area contributed by atoms with Gasteiger partial charge in [0.1, 0.15) is 5.78 Å². The van der Waals surface area contributed by atoms with Crippen LogP contribution in [0.5, 0.6) is 0 Å². The molecule has 9 heteroatoms. The molecule has 1 aromatic carbocycles. The number of urea groups is 1. The molecule has 0 bridgehead atoms. The van der Waals surface area contributed by atoms with Crippen LogP contribution in [0.1, 0.15) is 18.5 Å². The minimum atomic E-state index is -5.24. The molecular formula is C13H12ClF3N2O3. The Morgan fingerprint density at radius 3 is 2.45 bits per heavy atom. The minimum Gasteiger partial charge on any atom is -0.363 e. The molecule has 2 amide bonds. The van der Waals surface area contributed by atoms with Crippen molar-refractivity contribution in [3.8, 4) is 0 Å². The zero-order valence-corrected chi connectivity index (χ0v) is 12.0. The molecule has 0 radical (unpaired) electrons. The number of ketones is 1. The van der Waals surface area contributed by atoms with Gasteiger partial charge in [-0.25, -0.2) is 4.79 Å². The average Bonchev–Trinajstić information content (AvgIpc) is 2.36. The molecule has 0 spiro atoms. The van der Waals surface area contributed by atoms with E-state index in [9.17, 15) is 27.9 Å². The molecule has 0 aromatic heterocycles. The Kier molecular flexibility index (Phi) is 4.09. The monoisotopic (exact) mass is 336 g/mol. The third-order valence-electron chi connectivity index (χ3n) is 3.48. The van der Waals surface area contributed by atoms with E-state index >= 15 is 0 Å². The second kappa shape index (κ2) is 5.44. The van der Waals surface area contributed by atoms with Gasteiger partial charge in [-0.1, -0.05) is 29.8 Å². The van der Waals surface area contributed by atoms with Gasteiger partial charge < -0.3 is 15.7 Å². The van der Waals surface area contributed by atoms with Crippen LogP contribution in [-0.2, 0) is 4.79 Å². The fourth-order valence-electron chi connectivity index (χ4n) is 2.51. The largest absolute Gasteiger partial charge is 0.437 e. The number of nitrogens with one attached hydrogen (secondary N) is 2. The molecule has 3 atom stereocenters. The molecule has 0 unspecified atom stereocenters. The molecule has 5 nitrogen and oxygen atoms in total. The summed E-state index contributed by atoms with van der Waals surface area (Å²) in [5.74, 6) is -2.93. The Hall–Kier alpha value is -1.80.